The van der Waals surface area contributed by atoms with Crippen molar-refractivity contribution in [2.75, 3.05) is 60.3 Å². The van der Waals surface area contributed by atoms with Crippen LogP contribution in [0.5, 0.6) is 0 Å². The Balaban J connectivity index is 0.000000103. The predicted octanol–water partition coefficient (Wildman–Crippen LogP) is 21.4. The van der Waals surface area contributed by atoms with Crippen molar-refractivity contribution in [3.63, 3.8) is 0 Å². The molecular weight excluding hydrogens is 1360 g/mol. The van der Waals surface area contributed by atoms with E-state index in [2.05, 4.69) is 288 Å². The molecule has 109 heavy (non-hydrogen) atoms. The lowest BCUT2D eigenvalue weighted by Crippen LogP contribution is -2.36. The van der Waals surface area contributed by atoms with Crippen LogP contribution in [0.1, 0.15) is 72.7 Å². The highest BCUT2D eigenvalue weighted by atomic mass is 16.4. The number of hydrogen-bond acceptors (Lipinski definition) is 20. The predicted molar refractivity (Wildman–Crippen MR) is 441 cm³/mol. The number of aromatic nitrogens is 8. The molecule has 4 aliphatic heterocycles. The Hall–Kier alpha value is -13.1. The van der Waals surface area contributed by atoms with Gasteiger partial charge in [0.2, 0.25) is 22.9 Å². The molecule has 15 heterocycles. The van der Waals surface area contributed by atoms with Gasteiger partial charge in [0.15, 0.2) is 45.6 Å². The number of hydrogen-bond donors (Lipinski definition) is 0. The van der Waals surface area contributed by atoms with E-state index in [4.69, 9.17) is 17.7 Å². The Morgan fingerprint density at radius 1 is 0.257 bits per heavy atom. The van der Waals surface area contributed by atoms with Crippen LogP contribution in [-0.2, 0) is 0 Å². The third-order valence-electron chi connectivity index (χ3n) is 22.2. The summed E-state index contributed by atoms with van der Waals surface area (Å²) in [6.45, 7) is 25.2. The van der Waals surface area contributed by atoms with Gasteiger partial charge in [0.05, 0.1) is 45.5 Å². The lowest BCUT2D eigenvalue weighted by molar-refractivity contribution is 0.646. The number of fused-ring (bicyclic) bond motifs is 16. The van der Waals surface area contributed by atoms with Gasteiger partial charge in [-0.3, -0.25) is 4.90 Å². The van der Waals surface area contributed by atoms with Crippen LogP contribution in [0.15, 0.2) is 218 Å². The number of para-hydroxylation sites is 3. The lowest BCUT2D eigenvalue weighted by atomic mass is 10.1. The number of nitrogens with zero attached hydrogens (tertiary/aromatic N) is 16. The molecule has 20 nitrogen and oxygen atoms in total. The van der Waals surface area contributed by atoms with Crippen molar-refractivity contribution in [3.8, 4) is 0 Å². The topological polar surface area (TPSA) is 182 Å². The van der Waals surface area contributed by atoms with Gasteiger partial charge in [-0.25, -0.2) is 39.9 Å². The Morgan fingerprint density at radius 2 is 0.578 bits per heavy atom. The minimum atomic E-state index is 0.0830. The number of rotatable bonds is 5. The van der Waals surface area contributed by atoms with Crippen molar-refractivity contribution in [2.45, 2.75) is 108 Å². The maximum Gasteiger partial charge on any atom is 0.227 e. The van der Waals surface area contributed by atoms with Crippen molar-refractivity contribution in [1.82, 2.24) is 39.9 Å². The van der Waals surface area contributed by atoms with Gasteiger partial charge in [-0.1, -0.05) is 78.9 Å². The Labute approximate surface area is 630 Å². The fourth-order valence-electron chi connectivity index (χ4n) is 16.4. The number of benzene rings is 6. The van der Waals surface area contributed by atoms with Gasteiger partial charge in [0, 0.05) is 117 Å². The first-order valence-electron chi connectivity index (χ1n) is 37.0. The molecule has 0 fully saturated rings. The third kappa shape index (κ3) is 10.8. The Morgan fingerprint density at radius 3 is 1.03 bits per heavy atom. The van der Waals surface area contributed by atoms with Crippen LogP contribution in [0.2, 0.25) is 0 Å². The molecular formula is C89H82N16O4. The standard InChI is InChI=1S/C27H23N3O.2C21H20N4O.C20H19N5O/c1-17-13-15-21-22-16-14-18(2)28-27(22)31-26(21)25(17)30-19(3)29(20-9-5-4-6-10-20)23-11-7-8-12-24(23)30;1-12-7-9-15-16-10-8-13(2)23-21(16)26-19(15)18(12)25-14(3)24(4)20-17(25)6-5-11-22-20;1-12-7-9-15-16-10-8-13(2)23-21(16)26-19(15)18(12)25-14(3)24(4)17-6-5-11-22-20(17)25;1-11-5-7-14-15-8-6-12(2)23-20(15)26-17(14)16(11)25-13(3)24(4)18-19(25)22-10-9-21-18/h4-16,19H,1-3H3;2*5-11,14H,1-4H3;5-10,13H,1-4H3/t19-;2*14-;13-/m0000/s1. The highest BCUT2D eigenvalue weighted by molar-refractivity contribution is 6.14. The van der Waals surface area contributed by atoms with E-state index in [1.807, 2.05) is 83.5 Å². The molecule has 21 rings (SSSR count). The molecule has 0 unspecified atom stereocenters. The quantitative estimate of drug-likeness (QED) is 0.158. The van der Waals surface area contributed by atoms with Crippen LogP contribution < -0.4 is 39.2 Å². The van der Waals surface area contributed by atoms with Crippen LogP contribution in [0.3, 0.4) is 0 Å². The second kappa shape index (κ2) is 26.1. The molecule has 6 aromatic carbocycles. The fraction of sp³-hybridized carbons (Fsp3) is 0.213. The lowest BCUT2D eigenvalue weighted by Gasteiger charge is -2.31. The van der Waals surface area contributed by atoms with E-state index in [-0.39, 0.29) is 24.7 Å². The van der Waals surface area contributed by atoms with Crippen LogP contribution in [0.25, 0.3) is 88.3 Å². The Kier molecular flexibility index (Phi) is 16.3. The van der Waals surface area contributed by atoms with Crippen LogP contribution >= 0.6 is 0 Å². The first-order valence-corrected chi connectivity index (χ1v) is 37.0. The molecule has 11 aromatic heterocycles. The van der Waals surface area contributed by atoms with Gasteiger partial charge >= 0.3 is 0 Å². The molecule has 0 amide bonds. The van der Waals surface area contributed by atoms with Crippen LogP contribution in [-0.4, -0.2) is 85.7 Å². The van der Waals surface area contributed by atoms with E-state index in [0.717, 1.165) is 157 Å². The molecule has 0 bridgehead atoms. The van der Waals surface area contributed by atoms with E-state index in [0.29, 0.717) is 22.9 Å². The molecule has 17 aromatic rings. The van der Waals surface area contributed by atoms with Gasteiger partial charge in [-0.05, 0) is 202 Å². The van der Waals surface area contributed by atoms with Gasteiger partial charge in [0.1, 0.15) is 24.7 Å². The number of pyridine rings is 6. The molecule has 0 radical (unpaired) electrons. The zero-order valence-corrected chi connectivity index (χ0v) is 63.7. The number of furan rings is 4. The summed E-state index contributed by atoms with van der Waals surface area (Å²) in [6.07, 6.45) is 7.61. The highest BCUT2D eigenvalue weighted by Crippen LogP contribution is 2.53. The Bertz CT molecular complexity index is 6040. The van der Waals surface area contributed by atoms with Crippen molar-refractivity contribution in [2.24, 2.45) is 0 Å². The maximum atomic E-state index is 6.39. The van der Waals surface area contributed by atoms with E-state index in [9.17, 15) is 0 Å². The highest BCUT2D eigenvalue weighted by Gasteiger charge is 2.41. The second-order valence-corrected chi connectivity index (χ2v) is 29.0. The SMILES string of the molecule is Cc1ccc2c(n1)oc1c(N3c4ccccc4N(c4ccccc4)[C@@H]3C)c(C)ccc12.Cc1ccc2c(n1)oc1c(N3c4cccnc4N(C)[C@@H]3C)c(C)ccc12.Cc1ccc2c(n1)oc1c(N3c4ncccc4N(C)[C@@H]3C)c(C)ccc12.Cc1ccc2c(n1)oc1c(N3c4nccnc4N(C)[C@@H]3C)c(C)ccc12. The molecule has 4 aliphatic rings. The minimum Gasteiger partial charge on any atom is -0.435 e. The van der Waals surface area contributed by atoms with Gasteiger partial charge in [0.25, 0.3) is 0 Å². The first kappa shape index (κ1) is 67.8. The van der Waals surface area contributed by atoms with Gasteiger partial charge < -0.3 is 52.0 Å². The summed E-state index contributed by atoms with van der Waals surface area (Å²) in [5, 5.41) is 8.55. The summed E-state index contributed by atoms with van der Waals surface area (Å²) in [7, 11) is 6.22. The summed E-state index contributed by atoms with van der Waals surface area (Å²) in [6, 6.07) is 61.0. The van der Waals surface area contributed by atoms with E-state index < -0.39 is 0 Å². The molecule has 20 heteroatoms. The summed E-state index contributed by atoms with van der Waals surface area (Å²) in [4.78, 5) is 54.8. The summed E-state index contributed by atoms with van der Waals surface area (Å²) in [5.41, 5.74) is 24.8. The molecule has 0 aliphatic carbocycles. The average Bonchev–Trinajstić information content (AvgIpc) is 1.59. The molecule has 0 N–H and O–H groups in total. The van der Waals surface area contributed by atoms with Crippen molar-refractivity contribution < 1.29 is 17.7 Å². The van der Waals surface area contributed by atoms with E-state index >= 15 is 0 Å². The van der Waals surface area contributed by atoms with Crippen molar-refractivity contribution >= 4 is 163 Å². The first-order chi connectivity index (χ1) is 52.8. The second-order valence-electron chi connectivity index (χ2n) is 29.0. The molecule has 0 spiro atoms. The molecule has 0 saturated heterocycles. The zero-order chi connectivity index (χ0) is 75.1. The van der Waals surface area contributed by atoms with Crippen molar-refractivity contribution in [3.05, 3.63) is 246 Å². The fourth-order valence-corrected chi connectivity index (χ4v) is 16.4. The molecule has 542 valence electrons. The van der Waals surface area contributed by atoms with E-state index in [1.165, 1.54) is 28.2 Å². The largest absolute Gasteiger partial charge is 0.435 e. The maximum absolute atomic E-state index is 6.39. The number of aryl methyl sites for hydroxylation is 8. The molecule has 4 atom stereocenters. The average molecular weight is 1440 g/mol. The van der Waals surface area contributed by atoms with Crippen LogP contribution in [0, 0.1) is 55.4 Å². The normalized spacial score (nSPS) is 16.4. The zero-order valence-electron chi connectivity index (χ0n) is 63.7. The monoisotopic (exact) mass is 1440 g/mol. The summed E-state index contributed by atoms with van der Waals surface area (Å²) >= 11 is 0. The number of anilines is 13. The molecule has 0 saturated carbocycles. The van der Waals surface area contributed by atoms with Gasteiger partial charge in [-0.15, -0.1) is 0 Å². The van der Waals surface area contributed by atoms with E-state index in [1.54, 1.807) is 12.4 Å². The van der Waals surface area contributed by atoms with Crippen LogP contribution in [0.4, 0.5) is 74.5 Å². The third-order valence-corrected chi connectivity index (χ3v) is 22.2. The summed E-state index contributed by atoms with van der Waals surface area (Å²) < 4.78 is 25.1. The summed E-state index contributed by atoms with van der Waals surface area (Å²) in [5.74, 6) is 3.67. The van der Waals surface area contributed by atoms with Crippen molar-refractivity contribution in [1.29, 1.82) is 0 Å². The minimum absolute atomic E-state index is 0.0830. The van der Waals surface area contributed by atoms with Gasteiger partial charge in [-0.2, -0.15) is 0 Å². The smallest absolute Gasteiger partial charge is 0.227 e.